The molecule has 1 fully saturated rings. The first-order chi connectivity index (χ1) is 9.67. The molecule has 3 N–H and O–H groups in total. The van der Waals surface area contributed by atoms with Gasteiger partial charge < -0.3 is 15.5 Å². The Hall–Kier alpha value is -1.39. The van der Waals surface area contributed by atoms with Gasteiger partial charge in [-0.1, -0.05) is 43.2 Å². The second-order valence-electron chi connectivity index (χ2n) is 5.80. The minimum atomic E-state index is -0.812. The average molecular weight is 277 g/mol. The van der Waals surface area contributed by atoms with Crippen molar-refractivity contribution < 1.29 is 15.0 Å². The number of rotatable bonds is 7. The lowest BCUT2D eigenvalue weighted by molar-refractivity contribution is -0.138. The molecule has 0 aromatic heterocycles. The van der Waals surface area contributed by atoms with E-state index < -0.39 is 11.9 Å². The Bertz CT molecular complexity index is 427. The van der Waals surface area contributed by atoms with E-state index in [4.69, 9.17) is 0 Å². The first-order valence-electron chi connectivity index (χ1n) is 7.26. The van der Waals surface area contributed by atoms with E-state index in [2.05, 4.69) is 5.32 Å². The normalized spacial score (nSPS) is 18.9. The van der Waals surface area contributed by atoms with Crippen LogP contribution in [-0.4, -0.2) is 35.9 Å². The van der Waals surface area contributed by atoms with E-state index in [9.17, 15) is 15.0 Å². The minimum absolute atomic E-state index is 0.0419. The summed E-state index contributed by atoms with van der Waals surface area (Å²) >= 11 is 0. The van der Waals surface area contributed by atoms with Crippen molar-refractivity contribution in [1.29, 1.82) is 0 Å². The third-order valence-corrected chi connectivity index (χ3v) is 4.35. The van der Waals surface area contributed by atoms with Gasteiger partial charge in [0.15, 0.2) is 0 Å². The summed E-state index contributed by atoms with van der Waals surface area (Å²) in [4.78, 5) is 11.4. The number of aliphatic carboxylic acids is 1. The lowest BCUT2D eigenvalue weighted by Crippen LogP contribution is -2.38. The maximum Gasteiger partial charge on any atom is 0.312 e. The Morgan fingerprint density at radius 3 is 2.45 bits per heavy atom. The van der Waals surface area contributed by atoms with Crippen LogP contribution in [0.1, 0.15) is 37.2 Å². The molecule has 0 heterocycles. The summed E-state index contributed by atoms with van der Waals surface area (Å²) in [5.41, 5.74) is 0.775. The van der Waals surface area contributed by atoms with Gasteiger partial charge in [0, 0.05) is 25.1 Å². The molecule has 0 aliphatic heterocycles. The van der Waals surface area contributed by atoms with Gasteiger partial charge in [-0.15, -0.1) is 0 Å². The maximum atomic E-state index is 11.4. The molecule has 0 amide bonds. The Balaban J connectivity index is 1.92. The van der Waals surface area contributed by atoms with Gasteiger partial charge in [0.25, 0.3) is 0 Å². The van der Waals surface area contributed by atoms with Crippen LogP contribution in [0.5, 0.6) is 0 Å². The standard InChI is InChI=1S/C16H23NO3/c18-12-16(8-4-5-9-16)11-17-10-14(15(19)20)13-6-2-1-3-7-13/h1-3,6-7,14,17-18H,4-5,8-12H2,(H,19,20). The van der Waals surface area contributed by atoms with Crippen LogP contribution in [0.25, 0.3) is 0 Å². The van der Waals surface area contributed by atoms with Crippen LogP contribution in [0.15, 0.2) is 30.3 Å². The molecular weight excluding hydrogens is 254 g/mol. The number of hydrogen-bond donors (Lipinski definition) is 3. The van der Waals surface area contributed by atoms with Gasteiger partial charge in [0.2, 0.25) is 0 Å². The molecule has 1 atom stereocenters. The zero-order valence-corrected chi connectivity index (χ0v) is 11.7. The quantitative estimate of drug-likeness (QED) is 0.713. The zero-order chi connectivity index (χ0) is 14.4. The molecule has 1 aromatic carbocycles. The van der Waals surface area contributed by atoms with Crippen molar-refractivity contribution >= 4 is 5.97 Å². The second kappa shape index (κ2) is 6.86. The molecule has 1 aromatic rings. The molecule has 1 saturated carbocycles. The largest absolute Gasteiger partial charge is 0.481 e. The predicted octanol–water partition coefficient (Wildman–Crippen LogP) is 2.00. The number of benzene rings is 1. The summed E-state index contributed by atoms with van der Waals surface area (Å²) in [6.07, 6.45) is 4.37. The molecule has 110 valence electrons. The van der Waals surface area contributed by atoms with Crippen molar-refractivity contribution in [2.75, 3.05) is 19.7 Å². The Morgan fingerprint density at radius 2 is 1.90 bits per heavy atom. The lowest BCUT2D eigenvalue weighted by atomic mass is 9.87. The average Bonchev–Trinajstić information content (AvgIpc) is 2.93. The molecule has 1 unspecified atom stereocenters. The number of nitrogens with one attached hydrogen (secondary N) is 1. The lowest BCUT2D eigenvalue weighted by Gasteiger charge is -2.27. The van der Waals surface area contributed by atoms with E-state index in [0.717, 1.165) is 31.2 Å². The first kappa shape index (κ1) is 15.0. The topological polar surface area (TPSA) is 69.6 Å². The van der Waals surface area contributed by atoms with Gasteiger partial charge in [-0.2, -0.15) is 0 Å². The molecule has 0 radical (unpaired) electrons. The van der Waals surface area contributed by atoms with Gasteiger partial charge in [0.05, 0.1) is 5.92 Å². The van der Waals surface area contributed by atoms with Crippen LogP contribution in [0, 0.1) is 5.41 Å². The number of hydrogen-bond acceptors (Lipinski definition) is 3. The molecule has 4 heteroatoms. The molecule has 0 spiro atoms. The van der Waals surface area contributed by atoms with Crippen molar-refractivity contribution in [1.82, 2.24) is 5.32 Å². The van der Waals surface area contributed by atoms with Gasteiger partial charge in [-0.3, -0.25) is 4.79 Å². The van der Waals surface area contributed by atoms with E-state index in [1.807, 2.05) is 30.3 Å². The van der Waals surface area contributed by atoms with Crippen LogP contribution < -0.4 is 5.32 Å². The SMILES string of the molecule is O=C(O)C(CNCC1(CO)CCCC1)c1ccccc1. The van der Waals surface area contributed by atoms with E-state index >= 15 is 0 Å². The van der Waals surface area contributed by atoms with E-state index in [0.29, 0.717) is 13.1 Å². The molecule has 1 aliphatic rings. The fourth-order valence-corrected chi connectivity index (χ4v) is 3.03. The second-order valence-corrected chi connectivity index (χ2v) is 5.80. The van der Waals surface area contributed by atoms with Crippen molar-refractivity contribution in [3.05, 3.63) is 35.9 Å². The summed E-state index contributed by atoms with van der Waals surface area (Å²) < 4.78 is 0. The highest BCUT2D eigenvalue weighted by Gasteiger charge is 2.33. The van der Waals surface area contributed by atoms with Gasteiger partial charge in [-0.05, 0) is 18.4 Å². The molecule has 2 rings (SSSR count). The summed E-state index contributed by atoms with van der Waals surface area (Å²) in [5.74, 6) is -1.35. The fourth-order valence-electron chi connectivity index (χ4n) is 3.03. The number of carboxylic acid groups (broad SMARTS) is 1. The number of carbonyl (C=O) groups is 1. The van der Waals surface area contributed by atoms with Crippen molar-refractivity contribution in [3.8, 4) is 0 Å². The van der Waals surface area contributed by atoms with Gasteiger partial charge >= 0.3 is 5.97 Å². The smallest absolute Gasteiger partial charge is 0.312 e. The molecule has 4 nitrogen and oxygen atoms in total. The fraction of sp³-hybridized carbons (Fsp3) is 0.562. The molecule has 20 heavy (non-hydrogen) atoms. The highest BCUT2D eigenvalue weighted by molar-refractivity contribution is 5.76. The van der Waals surface area contributed by atoms with Crippen LogP contribution in [0.4, 0.5) is 0 Å². The van der Waals surface area contributed by atoms with Gasteiger partial charge in [0.1, 0.15) is 0 Å². The monoisotopic (exact) mass is 277 g/mol. The number of aliphatic hydroxyl groups is 1. The van der Waals surface area contributed by atoms with Crippen molar-refractivity contribution in [2.24, 2.45) is 5.41 Å². The van der Waals surface area contributed by atoms with E-state index in [1.54, 1.807) is 0 Å². The third-order valence-electron chi connectivity index (χ3n) is 4.35. The summed E-state index contributed by atoms with van der Waals surface area (Å²) in [7, 11) is 0. The predicted molar refractivity (Wildman–Crippen MR) is 77.7 cm³/mol. The molecule has 1 aliphatic carbocycles. The Labute approximate surface area is 119 Å². The van der Waals surface area contributed by atoms with Crippen LogP contribution in [-0.2, 0) is 4.79 Å². The van der Waals surface area contributed by atoms with Crippen LogP contribution in [0.2, 0.25) is 0 Å². The van der Waals surface area contributed by atoms with Gasteiger partial charge in [-0.25, -0.2) is 0 Å². The summed E-state index contributed by atoms with van der Waals surface area (Å²) in [6.45, 7) is 1.28. The van der Waals surface area contributed by atoms with Crippen molar-refractivity contribution in [3.63, 3.8) is 0 Å². The number of aliphatic hydroxyl groups excluding tert-OH is 1. The van der Waals surface area contributed by atoms with E-state index in [-0.39, 0.29) is 12.0 Å². The summed E-state index contributed by atoms with van der Waals surface area (Å²) in [5, 5.41) is 22.2. The van der Waals surface area contributed by atoms with Crippen LogP contribution in [0.3, 0.4) is 0 Å². The first-order valence-corrected chi connectivity index (χ1v) is 7.26. The highest BCUT2D eigenvalue weighted by Crippen LogP contribution is 2.36. The van der Waals surface area contributed by atoms with E-state index in [1.165, 1.54) is 0 Å². The molecular formula is C16H23NO3. The zero-order valence-electron chi connectivity index (χ0n) is 11.7. The third kappa shape index (κ3) is 3.58. The Morgan fingerprint density at radius 1 is 1.25 bits per heavy atom. The molecule has 0 bridgehead atoms. The van der Waals surface area contributed by atoms with Crippen molar-refractivity contribution in [2.45, 2.75) is 31.6 Å². The molecule has 0 saturated heterocycles. The number of carboxylic acids is 1. The minimum Gasteiger partial charge on any atom is -0.481 e. The van der Waals surface area contributed by atoms with Crippen LogP contribution >= 0.6 is 0 Å². The Kier molecular flexibility index (Phi) is 5.15. The highest BCUT2D eigenvalue weighted by atomic mass is 16.4. The maximum absolute atomic E-state index is 11.4. The summed E-state index contributed by atoms with van der Waals surface area (Å²) in [6, 6.07) is 9.29.